The highest BCUT2D eigenvalue weighted by Crippen LogP contribution is 2.22. The van der Waals surface area contributed by atoms with E-state index < -0.39 is 0 Å². The number of nitrogens with zero attached hydrogens (tertiary/aromatic N) is 2. The van der Waals surface area contributed by atoms with Crippen LogP contribution in [0.15, 0.2) is 54.6 Å². The predicted octanol–water partition coefficient (Wildman–Crippen LogP) is 4.52. The minimum Gasteiger partial charge on any atom is -0.497 e. The molecule has 0 aliphatic heterocycles. The number of hydrogen-bond donors (Lipinski definition) is 0. The van der Waals surface area contributed by atoms with Gasteiger partial charge in [0.15, 0.2) is 5.78 Å². The number of carbonyl (C=O) groups is 1. The van der Waals surface area contributed by atoms with Gasteiger partial charge in [-0.15, -0.1) is 0 Å². The average molecular weight is 320 g/mol. The van der Waals surface area contributed by atoms with Crippen LogP contribution in [0.1, 0.15) is 36.1 Å². The SMILES string of the molecule is COc1ccc(C(=O)/C=C/c2nc3ccccc3n2C(C)C)cc1. The fourth-order valence-corrected chi connectivity index (χ4v) is 2.73. The Kier molecular flexibility index (Phi) is 4.47. The number of ether oxygens (including phenoxy) is 1. The molecule has 0 saturated heterocycles. The van der Waals surface area contributed by atoms with E-state index in [9.17, 15) is 4.79 Å². The molecule has 0 unspecified atom stereocenters. The summed E-state index contributed by atoms with van der Waals surface area (Å²) in [6.07, 6.45) is 3.36. The number of imidazole rings is 1. The summed E-state index contributed by atoms with van der Waals surface area (Å²) < 4.78 is 7.24. The largest absolute Gasteiger partial charge is 0.497 e. The molecule has 0 amide bonds. The van der Waals surface area contributed by atoms with Crippen LogP contribution in [0.4, 0.5) is 0 Å². The molecule has 2 aromatic carbocycles. The van der Waals surface area contributed by atoms with Crippen LogP contribution < -0.4 is 4.74 Å². The van der Waals surface area contributed by atoms with Gasteiger partial charge in [-0.05, 0) is 62.4 Å². The maximum Gasteiger partial charge on any atom is 0.185 e. The van der Waals surface area contributed by atoms with Gasteiger partial charge >= 0.3 is 0 Å². The maximum atomic E-state index is 12.3. The molecule has 0 radical (unpaired) electrons. The second-order valence-corrected chi connectivity index (χ2v) is 5.85. The Morgan fingerprint density at radius 3 is 2.50 bits per heavy atom. The lowest BCUT2D eigenvalue weighted by atomic mass is 10.1. The molecule has 4 heteroatoms. The zero-order chi connectivity index (χ0) is 17.1. The normalized spacial score (nSPS) is 11.5. The van der Waals surface area contributed by atoms with Crippen molar-refractivity contribution in [3.8, 4) is 5.75 Å². The van der Waals surface area contributed by atoms with Gasteiger partial charge in [0.2, 0.25) is 0 Å². The van der Waals surface area contributed by atoms with Crippen molar-refractivity contribution in [3.05, 3.63) is 66.0 Å². The Morgan fingerprint density at radius 1 is 1.12 bits per heavy atom. The Hall–Kier alpha value is -2.88. The van der Waals surface area contributed by atoms with E-state index in [1.54, 1.807) is 43.5 Å². The van der Waals surface area contributed by atoms with E-state index in [0.29, 0.717) is 5.56 Å². The number of para-hydroxylation sites is 2. The van der Waals surface area contributed by atoms with Gasteiger partial charge in [0.25, 0.3) is 0 Å². The molecule has 0 aliphatic carbocycles. The van der Waals surface area contributed by atoms with Crippen LogP contribution in [-0.2, 0) is 0 Å². The van der Waals surface area contributed by atoms with Crippen molar-refractivity contribution in [2.45, 2.75) is 19.9 Å². The molecule has 0 N–H and O–H groups in total. The first-order chi connectivity index (χ1) is 11.6. The minimum absolute atomic E-state index is 0.0555. The zero-order valence-corrected chi connectivity index (χ0v) is 14.1. The number of fused-ring (bicyclic) bond motifs is 1. The molecule has 122 valence electrons. The number of hydrogen-bond acceptors (Lipinski definition) is 3. The second-order valence-electron chi connectivity index (χ2n) is 5.85. The fourth-order valence-electron chi connectivity index (χ4n) is 2.73. The van der Waals surface area contributed by atoms with E-state index in [2.05, 4.69) is 23.4 Å². The topological polar surface area (TPSA) is 44.1 Å². The molecule has 24 heavy (non-hydrogen) atoms. The van der Waals surface area contributed by atoms with Crippen LogP contribution in [0, 0.1) is 0 Å². The summed E-state index contributed by atoms with van der Waals surface area (Å²) in [6, 6.07) is 15.3. The molecule has 1 aromatic heterocycles. The van der Waals surface area contributed by atoms with Crippen LogP contribution in [0.5, 0.6) is 5.75 Å². The summed E-state index contributed by atoms with van der Waals surface area (Å²) >= 11 is 0. The van der Waals surface area contributed by atoms with E-state index in [-0.39, 0.29) is 11.8 Å². The van der Waals surface area contributed by atoms with Crippen molar-refractivity contribution in [2.75, 3.05) is 7.11 Å². The van der Waals surface area contributed by atoms with Gasteiger partial charge in [-0.3, -0.25) is 4.79 Å². The van der Waals surface area contributed by atoms with Crippen LogP contribution in [-0.4, -0.2) is 22.4 Å². The summed E-state index contributed by atoms with van der Waals surface area (Å²) in [6.45, 7) is 4.22. The first-order valence-electron chi connectivity index (χ1n) is 7.93. The molecule has 0 aliphatic rings. The lowest BCUT2D eigenvalue weighted by molar-refractivity contribution is 0.104. The highest BCUT2D eigenvalue weighted by Gasteiger charge is 2.11. The molecule has 0 saturated carbocycles. The number of methoxy groups -OCH3 is 1. The quantitative estimate of drug-likeness (QED) is 0.513. The Balaban J connectivity index is 1.92. The Bertz CT molecular complexity index is 890. The maximum absolute atomic E-state index is 12.3. The number of ketones is 1. The minimum atomic E-state index is -0.0555. The highest BCUT2D eigenvalue weighted by molar-refractivity contribution is 6.06. The van der Waals surface area contributed by atoms with E-state index in [1.807, 2.05) is 24.3 Å². The van der Waals surface area contributed by atoms with Gasteiger partial charge in [-0.1, -0.05) is 12.1 Å². The summed E-state index contributed by atoms with van der Waals surface area (Å²) in [5.74, 6) is 1.46. The molecule has 4 nitrogen and oxygen atoms in total. The number of benzene rings is 2. The lowest BCUT2D eigenvalue weighted by Gasteiger charge is -2.10. The van der Waals surface area contributed by atoms with Crippen molar-refractivity contribution in [3.63, 3.8) is 0 Å². The standard InChI is InChI=1S/C20H20N2O2/c1-14(2)22-18-7-5-4-6-17(18)21-20(22)13-12-19(23)15-8-10-16(24-3)11-9-15/h4-14H,1-3H3/b13-12+. The van der Waals surface area contributed by atoms with Crippen molar-refractivity contribution in [1.82, 2.24) is 9.55 Å². The number of aromatic nitrogens is 2. The van der Waals surface area contributed by atoms with E-state index in [1.165, 1.54) is 0 Å². The molecule has 3 aromatic rings. The second kappa shape index (κ2) is 6.71. The summed E-state index contributed by atoms with van der Waals surface area (Å²) in [4.78, 5) is 17.0. The fraction of sp³-hybridized carbons (Fsp3) is 0.200. The van der Waals surface area contributed by atoms with Crippen LogP contribution in [0.2, 0.25) is 0 Å². The molecular formula is C20H20N2O2. The number of rotatable bonds is 5. The predicted molar refractivity (Wildman–Crippen MR) is 96.5 cm³/mol. The number of allylic oxidation sites excluding steroid dienone is 1. The summed E-state index contributed by atoms with van der Waals surface area (Å²) in [5.41, 5.74) is 2.63. The van der Waals surface area contributed by atoms with Gasteiger partial charge in [-0.2, -0.15) is 0 Å². The van der Waals surface area contributed by atoms with Gasteiger partial charge in [0, 0.05) is 11.6 Å². The molecule has 3 rings (SSSR count). The first kappa shape index (κ1) is 16.0. The summed E-state index contributed by atoms with van der Waals surface area (Å²) in [5, 5.41) is 0. The highest BCUT2D eigenvalue weighted by atomic mass is 16.5. The van der Waals surface area contributed by atoms with Crippen molar-refractivity contribution < 1.29 is 9.53 Å². The smallest absolute Gasteiger partial charge is 0.185 e. The zero-order valence-electron chi connectivity index (χ0n) is 14.1. The van der Waals surface area contributed by atoms with E-state index in [4.69, 9.17) is 4.74 Å². The molecule has 1 heterocycles. The van der Waals surface area contributed by atoms with Crippen molar-refractivity contribution in [2.24, 2.45) is 0 Å². The van der Waals surface area contributed by atoms with Crippen molar-refractivity contribution >= 4 is 22.9 Å². The molecule has 0 bridgehead atoms. The third kappa shape index (κ3) is 3.08. The molecule has 0 fully saturated rings. The van der Waals surface area contributed by atoms with Crippen LogP contribution >= 0.6 is 0 Å². The third-order valence-corrected chi connectivity index (χ3v) is 3.90. The van der Waals surface area contributed by atoms with E-state index in [0.717, 1.165) is 22.6 Å². The molecular weight excluding hydrogens is 300 g/mol. The Labute approximate surface area is 141 Å². The lowest BCUT2D eigenvalue weighted by Crippen LogP contribution is -2.03. The van der Waals surface area contributed by atoms with E-state index >= 15 is 0 Å². The van der Waals surface area contributed by atoms with Gasteiger partial charge in [0.05, 0.1) is 18.1 Å². The third-order valence-electron chi connectivity index (χ3n) is 3.90. The van der Waals surface area contributed by atoms with Crippen LogP contribution in [0.25, 0.3) is 17.1 Å². The van der Waals surface area contributed by atoms with Gasteiger partial charge in [-0.25, -0.2) is 4.98 Å². The van der Waals surface area contributed by atoms with Gasteiger partial charge < -0.3 is 9.30 Å². The molecule has 0 spiro atoms. The van der Waals surface area contributed by atoms with Crippen LogP contribution in [0.3, 0.4) is 0 Å². The first-order valence-corrected chi connectivity index (χ1v) is 7.93. The summed E-state index contributed by atoms with van der Waals surface area (Å²) in [7, 11) is 1.60. The number of carbonyl (C=O) groups excluding carboxylic acids is 1. The van der Waals surface area contributed by atoms with Crippen molar-refractivity contribution in [1.29, 1.82) is 0 Å². The van der Waals surface area contributed by atoms with Gasteiger partial charge in [0.1, 0.15) is 11.6 Å². The Morgan fingerprint density at radius 2 is 1.83 bits per heavy atom. The average Bonchev–Trinajstić information content (AvgIpc) is 2.98. The monoisotopic (exact) mass is 320 g/mol. The molecule has 0 atom stereocenters.